The van der Waals surface area contributed by atoms with Gasteiger partial charge in [0, 0.05) is 6.20 Å². The molecule has 2 aromatic rings. The van der Waals surface area contributed by atoms with Crippen LogP contribution in [0.15, 0.2) is 30.5 Å². The van der Waals surface area contributed by atoms with Gasteiger partial charge in [-0.25, -0.2) is 4.98 Å². The Morgan fingerprint density at radius 3 is 2.44 bits per heavy atom. The minimum Gasteiger partial charge on any atom is -0.497 e. The van der Waals surface area contributed by atoms with Crippen LogP contribution in [0.3, 0.4) is 0 Å². The molecule has 1 heterocycles. The number of benzene rings is 1. The average molecular weight is 235 g/mol. The van der Waals surface area contributed by atoms with Crippen LogP contribution in [0.5, 0.6) is 11.5 Å². The van der Waals surface area contributed by atoms with E-state index < -0.39 is 0 Å². The minimum atomic E-state index is 0.567. The number of rotatable bonds is 4. The highest BCUT2D eigenvalue weighted by Gasteiger charge is 2.00. The number of nitrogens with zero attached hydrogens (tertiary/aromatic N) is 1. The maximum absolute atomic E-state index is 5.62. The van der Waals surface area contributed by atoms with Gasteiger partial charge in [-0.3, -0.25) is 0 Å². The van der Waals surface area contributed by atoms with E-state index in [0.29, 0.717) is 6.61 Å². The lowest BCUT2D eigenvalue weighted by atomic mass is 10.3. The van der Waals surface area contributed by atoms with Crippen LogP contribution in [-0.2, 0) is 6.61 Å². The van der Waals surface area contributed by atoms with Gasteiger partial charge in [-0.1, -0.05) is 0 Å². The van der Waals surface area contributed by atoms with E-state index in [-0.39, 0.29) is 0 Å². The molecule has 4 heteroatoms. The predicted octanol–water partition coefficient (Wildman–Crippen LogP) is 3.04. The van der Waals surface area contributed by atoms with Gasteiger partial charge in [0.05, 0.1) is 17.0 Å². The summed E-state index contributed by atoms with van der Waals surface area (Å²) in [6.07, 6.45) is 1.85. The van der Waals surface area contributed by atoms with Crippen LogP contribution in [0.4, 0.5) is 0 Å². The Balaban J connectivity index is 1.94. The molecule has 1 aromatic carbocycles. The van der Waals surface area contributed by atoms with E-state index >= 15 is 0 Å². The summed E-state index contributed by atoms with van der Waals surface area (Å²) in [5.74, 6) is 1.67. The van der Waals surface area contributed by atoms with E-state index in [1.165, 1.54) is 0 Å². The summed E-state index contributed by atoms with van der Waals surface area (Å²) in [4.78, 5) is 5.31. The quantitative estimate of drug-likeness (QED) is 0.816. The molecule has 2 rings (SSSR count). The average Bonchev–Trinajstić information content (AvgIpc) is 2.73. The number of hydrogen-bond donors (Lipinski definition) is 0. The summed E-state index contributed by atoms with van der Waals surface area (Å²) in [6.45, 7) is 2.55. The molecule has 0 aliphatic carbocycles. The fourth-order valence-corrected chi connectivity index (χ4v) is 2.01. The van der Waals surface area contributed by atoms with Crippen molar-refractivity contribution in [2.45, 2.75) is 13.5 Å². The molecule has 0 atom stereocenters. The fraction of sp³-hybridized carbons (Fsp3) is 0.250. The molecule has 0 aliphatic heterocycles. The van der Waals surface area contributed by atoms with Gasteiger partial charge in [0.15, 0.2) is 0 Å². The van der Waals surface area contributed by atoms with Gasteiger partial charge in [0.2, 0.25) is 0 Å². The zero-order valence-corrected chi connectivity index (χ0v) is 10.1. The Morgan fingerprint density at radius 2 is 1.88 bits per heavy atom. The number of methoxy groups -OCH3 is 1. The molecule has 0 aliphatic rings. The fourth-order valence-electron chi connectivity index (χ4n) is 1.30. The summed E-state index contributed by atoms with van der Waals surface area (Å²) in [7, 11) is 1.65. The van der Waals surface area contributed by atoms with Crippen molar-refractivity contribution in [1.29, 1.82) is 0 Å². The zero-order chi connectivity index (χ0) is 11.4. The standard InChI is InChI=1S/C12H13NO2S/c1-9-13-7-12(16-9)8-15-11-5-3-10(14-2)4-6-11/h3-7H,8H2,1-2H3. The first-order chi connectivity index (χ1) is 7.78. The zero-order valence-electron chi connectivity index (χ0n) is 9.27. The van der Waals surface area contributed by atoms with E-state index in [4.69, 9.17) is 9.47 Å². The van der Waals surface area contributed by atoms with Crippen LogP contribution in [-0.4, -0.2) is 12.1 Å². The van der Waals surface area contributed by atoms with Gasteiger partial charge in [0.1, 0.15) is 18.1 Å². The first kappa shape index (κ1) is 11.0. The Labute approximate surface area is 98.7 Å². The largest absolute Gasteiger partial charge is 0.497 e. The lowest BCUT2D eigenvalue weighted by Gasteiger charge is -2.05. The van der Waals surface area contributed by atoms with E-state index in [0.717, 1.165) is 21.4 Å². The highest BCUT2D eigenvalue weighted by atomic mass is 32.1. The van der Waals surface area contributed by atoms with Crippen LogP contribution in [0.25, 0.3) is 0 Å². The van der Waals surface area contributed by atoms with E-state index in [9.17, 15) is 0 Å². The molecule has 0 saturated heterocycles. The number of thiazole rings is 1. The first-order valence-corrected chi connectivity index (χ1v) is 5.78. The minimum absolute atomic E-state index is 0.567. The third-order valence-electron chi connectivity index (χ3n) is 2.11. The van der Waals surface area contributed by atoms with Gasteiger partial charge in [-0.2, -0.15) is 0 Å². The lowest BCUT2D eigenvalue weighted by Crippen LogP contribution is -1.92. The second-order valence-corrected chi connectivity index (χ2v) is 4.63. The molecular formula is C12H13NO2S. The number of ether oxygens (including phenoxy) is 2. The first-order valence-electron chi connectivity index (χ1n) is 4.96. The van der Waals surface area contributed by atoms with Crippen molar-refractivity contribution >= 4 is 11.3 Å². The van der Waals surface area contributed by atoms with E-state index in [1.54, 1.807) is 18.4 Å². The maximum atomic E-state index is 5.62. The van der Waals surface area contributed by atoms with Crippen molar-refractivity contribution in [1.82, 2.24) is 4.98 Å². The molecule has 0 radical (unpaired) electrons. The van der Waals surface area contributed by atoms with Crippen LogP contribution in [0.2, 0.25) is 0 Å². The molecule has 0 saturated carbocycles. The Kier molecular flexibility index (Phi) is 3.41. The van der Waals surface area contributed by atoms with Crippen molar-refractivity contribution in [3.8, 4) is 11.5 Å². The monoisotopic (exact) mass is 235 g/mol. The molecule has 0 unspecified atom stereocenters. The van der Waals surface area contributed by atoms with Crippen molar-refractivity contribution in [2.75, 3.05) is 7.11 Å². The van der Waals surface area contributed by atoms with E-state index in [2.05, 4.69) is 4.98 Å². The summed E-state index contributed by atoms with van der Waals surface area (Å²) >= 11 is 1.65. The predicted molar refractivity (Wildman–Crippen MR) is 64.2 cm³/mol. The van der Waals surface area contributed by atoms with Gasteiger partial charge >= 0.3 is 0 Å². The van der Waals surface area contributed by atoms with Crippen LogP contribution < -0.4 is 9.47 Å². The van der Waals surface area contributed by atoms with E-state index in [1.807, 2.05) is 37.4 Å². The summed E-state index contributed by atoms with van der Waals surface area (Å²) < 4.78 is 10.7. The summed E-state index contributed by atoms with van der Waals surface area (Å²) in [5, 5.41) is 1.06. The van der Waals surface area contributed by atoms with Crippen LogP contribution in [0, 0.1) is 6.92 Å². The second-order valence-electron chi connectivity index (χ2n) is 3.31. The van der Waals surface area contributed by atoms with Gasteiger partial charge < -0.3 is 9.47 Å². The van der Waals surface area contributed by atoms with Gasteiger partial charge in [0.25, 0.3) is 0 Å². The van der Waals surface area contributed by atoms with Crippen LogP contribution >= 0.6 is 11.3 Å². The Bertz CT molecular complexity index is 450. The van der Waals surface area contributed by atoms with Gasteiger partial charge in [-0.15, -0.1) is 11.3 Å². The number of aryl methyl sites for hydroxylation is 1. The number of aromatic nitrogens is 1. The molecular weight excluding hydrogens is 222 g/mol. The summed E-state index contributed by atoms with van der Waals surface area (Å²) in [6, 6.07) is 7.56. The van der Waals surface area contributed by atoms with Crippen LogP contribution in [0.1, 0.15) is 9.88 Å². The maximum Gasteiger partial charge on any atom is 0.124 e. The van der Waals surface area contributed by atoms with Gasteiger partial charge in [-0.05, 0) is 31.2 Å². The SMILES string of the molecule is COc1ccc(OCc2cnc(C)s2)cc1. The van der Waals surface area contributed by atoms with Crippen molar-refractivity contribution in [3.63, 3.8) is 0 Å². The molecule has 0 N–H and O–H groups in total. The molecule has 0 spiro atoms. The smallest absolute Gasteiger partial charge is 0.124 e. The molecule has 0 amide bonds. The Hall–Kier alpha value is -1.55. The van der Waals surface area contributed by atoms with Crippen molar-refractivity contribution in [2.24, 2.45) is 0 Å². The summed E-state index contributed by atoms with van der Waals surface area (Å²) in [5.41, 5.74) is 0. The third-order valence-corrected chi connectivity index (χ3v) is 3.00. The normalized spacial score (nSPS) is 10.1. The molecule has 3 nitrogen and oxygen atoms in total. The molecule has 1 aromatic heterocycles. The molecule has 0 fully saturated rings. The highest BCUT2D eigenvalue weighted by Crippen LogP contribution is 2.19. The topological polar surface area (TPSA) is 31.4 Å². The molecule has 84 valence electrons. The van der Waals surface area contributed by atoms with Crippen molar-refractivity contribution in [3.05, 3.63) is 40.3 Å². The number of hydrogen-bond acceptors (Lipinski definition) is 4. The highest BCUT2D eigenvalue weighted by molar-refractivity contribution is 7.11. The third kappa shape index (κ3) is 2.73. The molecule has 0 bridgehead atoms. The second kappa shape index (κ2) is 4.99. The molecule has 16 heavy (non-hydrogen) atoms. The Morgan fingerprint density at radius 1 is 1.19 bits per heavy atom. The lowest BCUT2D eigenvalue weighted by molar-refractivity contribution is 0.309. The van der Waals surface area contributed by atoms with Crippen molar-refractivity contribution < 1.29 is 9.47 Å².